The molecule has 1 saturated heterocycles. The van der Waals surface area contributed by atoms with Crippen LogP contribution in [0, 0.1) is 11.8 Å². The molecule has 1 aliphatic rings. The second-order valence-corrected chi connectivity index (χ2v) is 8.06. The number of nitrogens with zero attached hydrogens (tertiary/aromatic N) is 3. The van der Waals surface area contributed by atoms with Crippen LogP contribution >= 0.6 is 0 Å². The van der Waals surface area contributed by atoms with Crippen molar-refractivity contribution in [2.75, 3.05) is 13.1 Å². The van der Waals surface area contributed by atoms with Gasteiger partial charge in [0.15, 0.2) is 0 Å². The number of carbonyl (C=O) groups excluding carboxylic acids is 1. The van der Waals surface area contributed by atoms with E-state index in [0.29, 0.717) is 13.0 Å². The third-order valence-corrected chi connectivity index (χ3v) is 5.28. The molecule has 2 unspecified atom stereocenters. The zero-order valence-electron chi connectivity index (χ0n) is 16.6. The van der Waals surface area contributed by atoms with Crippen LogP contribution in [0.2, 0.25) is 0 Å². The van der Waals surface area contributed by atoms with Gasteiger partial charge in [-0.3, -0.25) is 14.4 Å². The molecular weight excluding hydrogens is 336 g/mol. The van der Waals surface area contributed by atoms with Gasteiger partial charge in [-0.05, 0) is 41.9 Å². The van der Waals surface area contributed by atoms with E-state index in [4.69, 9.17) is 0 Å². The third kappa shape index (κ3) is 6.21. The zero-order chi connectivity index (χ0) is 19.1. The van der Waals surface area contributed by atoms with Crippen LogP contribution in [0.1, 0.15) is 44.2 Å². The molecule has 2 heterocycles. The largest absolute Gasteiger partial charge is 0.352 e. The molecular formula is C22H32N4O. The van der Waals surface area contributed by atoms with Crippen molar-refractivity contribution < 1.29 is 4.79 Å². The molecule has 27 heavy (non-hydrogen) atoms. The first-order chi connectivity index (χ1) is 13.1. The summed E-state index contributed by atoms with van der Waals surface area (Å²) in [5.74, 6) is 1.63. The molecule has 0 bridgehead atoms. The molecule has 0 saturated carbocycles. The molecule has 3 rings (SSSR count). The van der Waals surface area contributed by atoms with Gasteiger partial charge in [0.05, 0.1) is 0 Å². The first kappa shape index (κ1) is 19.6. The average Bonchev–Trinajstić information content (AvgIpc) is 3.13. The monoisotopic (exact) mass is 368 g/mol. The highest BCUT2D eigenvalue weighted by atomic mass is 16.1. The molecule has 1 aromatic carbocycles. The number of benzene rings is 1. The molecule has 1 amide bonds. The summed E-state index contributed by atoms with van der Waals surface area (Å²) in [6, 6.07) is 10.4. The van der Waals surface area contributed by atoms with E-state index in [1.165, 1.54) is 30.6 Å². The van der Waals surface area contributed by atoms with Crippen molar-refractivity contribution in [3.05, 3.63) is 53.9 Å². The predicted octanol–water partition coefficient (Wildman–Crippen LogP) is 3.46. The van der Waals surface area contributed by atoms with Gasteiger partial charge in [-0.1, -0.05) is 38.1 Å². The highest BCUT2D eigenvalue weighted by Crippen LogP contribution is 2.23. The number of rotatable bonds is 8. The SMILES string of the molecule is CC1CC(C)CN(Cc2ccccc2CNC(=O)CCCn2cccn2)C1. The number of likely N-dealkylation sites (tertiary alicyclic amines) is 1. The van der Waals surface area contributed by atoms with E-state index in [1.807, 2.05) is 16.9 Å². The lowest BCUT2D eigenvalue weighted by Crippen LogP contribution is -2.38. The minimum Gasteiger partial charge on any atom is -0.352 e. The van der Waals surface area contributed by atoms with Crippen LogP contribution in [-0.2, 0) is 24.4 Å². The lowest BCUT2D eigenvalue weighted by molar-refractivity contribution is -0.121. The van der Waals surface area contributed by atoms with Crippen molar-refractivity contribution in [2.45, 2.75) is 52.7 Å². The summed E-state index contributed by atoms with van der Waals surface area (Å²) in [4.78, 5) is 14.7. The van der Waals surface area contributed by atoms with E-state index in [2.05, 4.69) is 53.4 Å². The molecule has 5 nitrogen and oxygen atoms in total. The summed E-state index contributed by atoms with van der Waals surface area (Å²) in [5.41, 5.74) is 2.56. The minimum absolute atomic E-state index is 0.108. The van der Waals surface area contributed by atoms with E-state index in [1.54, 1.807) is 6.20 Å². The second-order valence-electron chi connectivity index (χ2n) is 8.06. The predicted molar refractivity (Wildman–Crippen MR) is 108 cm³/mol. The van der Waals surface area contributed by atoms with Gasteiger partial charge in [-0.25, -0.2) is 0 Å². The van der Waals surface area contributed by atoms with E-state index < -0.39 is 0 Å². The normalized spacial score (nSPS) is 20.5. The number of carbonyl (C=O) groups is 1. The van der Waals surface area contributed by atoms with Crippen LogP contribution in [0.5, 0.6) is 0 Å². The van der Waals surface area contributed by atoms with Crippen molar-refractivity contribution in [3.8, 4) is 0 Å². The highest BCUT2D eigenvalue weighted by molar-refractivity contribution is 5.75. The molecule has 2 aromatic rings. The molecule has 0 radical (unpaired) electrons. The fraction of sp³-hybridized carbons (Fsp3) is 0.545. The first-order valence-corrected chi connectivity index (χ1v) is 10.1. The van der Waals surface area contributed by atoms with E-state index in [0.717, 1.165) is 31.3 Å². The summed E-state index contributed by atoms with van der Waals surface area (Å²) < 4.78 is 1.86. The smallest absolute Gasteiger partial charge is 0.220 e. The summed E-state index contributed by atoms with van der Waals surface area (Å²) in [7, 11) is 0. The van der Waals surface area contributed by atoms with Gasteiger partial charge in [-0.2, -0.15) is 5.10 Å². The molecule has 1 fully saturated rings. The van der Waals surface area contributed by atoms with Crippen molar-refractivity contribution in [3.63, 3.8) is 0 Å². The summed E-state index contributed by atoms with van der Waals surface area (Å²) >= 11 is 0. The fourth-order valence-electron chi connectivity index (χ4n) is 4.16. The van der Waals surface area contributed by atoms with Gasteiger partial charge in [-0.15, -0.1) is 0 Å². The van der Waals surface area contributed by atoms with Crippen LogP contribution in [0.4, 0.5) is 0 Å². The Morgan fingerprint density at radius 3 is 2.59 bits per heavy atom. The van der Waals surface area contributed by atoms with Crippen molar-refractivity contribution in [1.82, 2.24) is 20.0 Å². The Bertz CT molecular complexity index is 703. The van der Waals surface area contributed by atoms with Crippen molar-refractivity contribution in [2.24, 2.45) is 11.8 Å². The maximum Gasteiger partial charge on any atom is 0.220 e. The van der Waals surface area contributed by atoms with Crippen LogP contribution in [0.25, 0.3) is 0 Å². The second kappa shape index (κ2) is 9.70. The van der Waals surface area contributed by atoms with Crippen LogP contribution in [0.15, 0.2) is 42.7 Å². The number of aromatic nitrogens is 2. The van der Waals surface area contributed by atoms with E-state index >= 15 is 0 Å². The number of hydrogen-bond donors (Lipinski definition) is 1. The standard InChI is InChI=1S/C22H32N4O/c1-18-13-19(2)16-25(15-18)17-21-8-4-3-7-20(21)14-23-22(27)9-5-11-26-12-6-10-24-26/h3-4,6-8,10,12,18-19H,5,9,11,13-17H2,1-2H3,(H,23,27). The van der Waals surface area contributed by atoms with Gasteiger partial charge >= 0.3 is 0 Å². The molecule has 2 atom stereocenters. The Balaban J connectivity index is 1.47. The van der Waals surface area contributed by atoms with Gasteiger partial charge in [0, 0.05) is 51.5 Å². The molecule has 5 heteroatoms. The maximum atomic E-state index is 12.2. The average molecular weight is 369 g/mol. The van der Waals surface area contributed by atoms with E-state index in [9.17, 15) is 4.79 Å². The van der Waals surface area contributed by atoms with Crippen LogP contribution in [0.3, 0.4) is 0 Å². The summed E-state index contributed by atoms with van der Waals surface area (Å²) in [6.07, 6.45) is 6.35. The highest BCUT2D eigenvalue weighted by Gasteiger charge is 2.22. The third-order valence-electron chi connectivity index (χ3n) is 5.28. The Labute approximate surface area is 162 Å². The number of piperidine rings is 1. The summed E-state index contributed by atoms with van der Waals surface area (Å²) in [5, 5.41) is 7.25. The molecule has 1 aromatic heterocycles. The van der Waals surface area contributed by atoms with Gasteiger partial charge in [0.1, 0.15) is 0 Å². The zero-order valence-corrected chi connectivity index (χ0v) is 16.6. The Morgan fingerprint density at radius 2 is 1.89 bits per heavy atom. The molecule has 146 valence electrons. The van der Waals surface area contributed by atoms with Crippen LogP contribution in [-0.4, -0.2) is 33.7 Å². The van der Waals surface area contributed by atoms with Gasteiger partial charge in [0.2, 0.25) is 5.91 Å². The number of aryl methyl sites for hydroxylation is 1. The topological polar surface area (TPSA) is 50.2 Å². The minimum atomic E-state index is 0.108. The quantitative estimate of drug-likeness (QED) is 0.776. The van der Waals surface area contributed by atoms with E-state index in [-0.39, 0.29) is 5.91 Å². The summed E-state index contributed by atoms with van der Waals surface area (Å²) in [6.45, 7) is 9.38. The van der Waals surface area contributed by atoms with Gasteiger partial charge in [0.25, 0.3) is 0 Å². The number of amides is 1. The van der Waals surface area contributed by atoms with Crippen LogP contribution < -0.4 is 5.32 Å². The maximum absolute atomic E-state index is 12.2. The lowest BCUT2D eigenvalue weighted by Gasteiger charge is -2.35. The molecule has 1 aliphatic heterocycles. The molecule has 0 aliphatic carbocycles. The Hall–Kier alpha value is -2.14. The lowest BCUT2D eigenvalue weighted by atomic mass is 9.91. The van der Waals surface area contributed by atoms with Gasteiger partial charge < -0.3 is 5.32 Å². The van der Waals surface area contributed by atoms with Crippen molar-refractivity contribution >= 4 is 5.91 Å². The number of hydrogen-bond acceptors (Lipinski definition) is 3. The molecule has 0 spiro atoms. The Kier molecular flexibility index (Phi) is 7.04. The first-order valence-electron chi connectivity index (χ1n) is 10.1. The van der Waals surface area contributed by atoms with Crippen molar-refractivity contribution in [1.29, 1.82) is 0 Å². The Morgan fingerprint density at radius 1 is 1.15 bits per heavy atom. The number of nitrogens with one attached hydrogen (secondary N) is 1. The fourth-order valence-corrected chi connectivity index (χ4v) is 4.16. The molecule has 1 N–H and O–H groups in total.